The molecule has 0 saturated carbocycles. The molecule has 0 aliphatic heterocycles. The smallest absolute Gasteiger partial charge is 0.155 e. The van der Waals surface area contributed by atoms with Crippen LogP contribution in [0.5, 0.6) is 0 Å². The first-order chi connectivity index (χ1) is 13.3. The van der Waals surface area contributed by atoms with Crippen LogP contribution in [-0.4, -0.2) is 5.78 Å². The molecule has 0 unspecified atom stereocenters. The Hall–Kier alpha value is -1.11. The van der Waals surface area contributed by atoms with Crippen molar-refractivity contribution < 1.29 is 4.79 Å². The summed E-state index contributed by atoms with van der Waals surface area (Å²) in [4.78, 5) is 12.0. The van der Waals surface area contributed by atoms with Gasteiger partial charge in [-0.1, -0.05) is 71.6 Å². The average Bonchev–Trinajstić information content (AvgIpc) is 2.99. The number of hydrogen-bond donors (Lipinski definition) is 0. The molecule has 0 fully saturated rings. The lowest BCUT2D eigenvalue weighted by Crippen LogP contribution is -2.41. The third-order valence-electron chi connectivity index (χ3n) is 9.03. The van der Waals surface area contributed by atoms with Crippen LogP contribution in [0.3, 0.4) is 0 Å². The van der Waals surface area contributed by atoms with Crippen LogP contribution in [0.1, 0.15) is 92.4 Å². The van der Waals surface area contributed by atoms with Gasteiger partial charge >= 0.3 is 0 Å². The highest BCUT2D eigenvalue weighted by molar-refractivity contribution is 5.91. The monoisotopic (exact) mass is 380 g/mol. The van der Waals surface area contributed by atoms with Gasteiger partial charge in [0.15, 0.2) is 5.78 Å². The van der Waals surface area contributed by atoms with Crippen molar-refractivity contribution in [3.05, 3.63) is 34.9 Å². The summed E-state index contributed by atoms with van der Waals surface area (Å²) >= 11 is 0. The van der Waals surface area contributed by atoms with Crippen LogP contribution in [0, 0.1) is 34.5 Å². The molecule has 0 bridgehead atoms. The number of rotatable bonds is 5. The molecule has 28 heavy (non-hydrogen) atoms. The summed E-state index contributed by atoms with van der Waals surface area (Å²) in [6, 6.07) is 0. The third kappa shape index (κ3) is 3.17. The first-order valence-electron chi connectivity index (χ1n) is 11.9. The summed E-state index contributed by atoms with van der Waals surface area (Å²) in [5.41, 5.74) is 5.60. The van der Waals surface area contributed by atoms with Crippen LogP contribution in [0.2, 0.25) is 0 Å². The van der Waals surface area contributed by atoms with E-state index in [-0.39, 0.29) is 5.41 Å². The van der Waals surface area contributed by atoms with Crippen LogP contribution in [0.15, 0.2) is 34.9 Å². The number of fused-ring (bicyclic) bond motifs is 4. The first-order valence-corrected chi connectivity index (χ1v) is 11.9. The summed E-state index contributed by atoms with van der Waals surface area (Å²) < 4.78 is 0. The molecule has 0 radical (unpaired) electrons. The second kappa shape index (κ2) is 7.29. The van der Waals surface area contributed by atoms with Crippen molar-refractivity contribution in [2.45, 2.75) is 92.4 Å². The molecule has 1 nitrogen and oxygen atoms in total. The minimum absolute atomic E-state index is 0.130. The van der Waals surface area contributed by atoms with Gasteiger partial charge in [-0.3, -0.25) is 4.79 Å². The predicted molar refractivity (Wildman–Crippen MR) is 118 cm³/mol. The lowest BCUT2D eigenvalue weighted by atomic mass is 9.53. The van der Waals surface area contributed by atoms with E-state index in [1.165, 1.54) is 51.4 Å². The minimum Gasteiger partial charge on any atom is -0.295 e. The topological polar surface area (TPSA) is 17.1 Å². The molecule has 0 aromatic heterocycles. The second-order valence-corrected chi connectivity index (χ2v) is 11.2. The molecule has 0 aromatic rings. The van der Waals surface area contributed by atoms with Gasteiger partial charge in [0.1, 0.15) is 0 Å². The molecular weight excluding hydrogens is 340 g/mol. The largest absolute Gasteiger partial charge is 0.295 e. The fraction of sp³-hybridized carbons (Fsp3) is 0.741. The fourth-order valence-corrected chi connectivity index (χ4v) is 7.21. The van der Waals surface area contributed by atoms with E-state index in [0.29, 0.717) is 17.1 Å². The first kappa shape index (κ1) is 20.2. The molecule has 4 rings (SSSR count). The Morgan fingerprint density at radius 2 is 1.93 bits per heavy atom. The van der Waals surface area contributed by atoms with Gasteiger partial charge in [0.2, 0.25) is 0 Å². The Kier molecular flexibility index (Phi) is 5.26. The molecular formula is C27H40O. The number of carbonyl (C=O) groups is 1. The SMILES string of the molecule is CC(C)CCC[C@@H](C)[C@H]1CC=C2C3=C(CC[C@@]21C)[C@@]1(C)C=CC(=O)C[C@@H]1CC3. The molecule has 0 heterocycles. The molecule has 4 aliphatic rings. The van der Waals surface area contributed by atoms with E-state index < -0.39 is 0 Å². The summed E-state index contributed by atoms with van der Waals surface area (Å²) in [6.07, 6.45) is 17.9. The highest BCUT2D eigenvalue weighted by atomic mass is 16.1. The molecule has 0 spiro atoms. The molecule has 5 atom stereocenters. The molecule has 0 amide bonds. The van der Waals surface area contributed by atoms with Crippen molar-refractivity contribution in [1.29, 1.82) is 0 Å². The molecule has 4 aliphatic carbocycles. The number of ketones is 1. The Morgan fingerprint density at radius 3 is 2.68 bits per heavy atom. The van der Waals surface area contributed by atoms with Crippen molar-refractivity contribution in [2.24, 2.45) is 34.5 Å². The molecule has 0 aromatic carbocycles. The van der Waals surface area contributed by atoms with Gasteiger partial charge in [-0.25, -0.2) is 0 Å². The Bertz CT molecular complexity index is 735. The predicted octanol–water partition coefficient (Wildman–Crippen LogP) is 7.44. The molecule has 0 N–H and O–H groups in total. The van der Waals surface area contributed by atoms with Gasteiger partial charge < -0.3 is 0 Å². The van der Waals surface area contributed by atoms with E-state index in [1.54, 1.807) is 16.7 Å². The van der Waals surface area contributed by atoms with Crippen LogP contribution < -0.4 is 0 Å². The normalized spacial score (nSPS) is 38.2. The van der Waals surface area contributed by atoms with Gasteiger partial charge in [0.25, 0.3) is 0 Å². The number of carbonyl (C=O) groups excluding carboxylic acids is 1. The maximum atomic E-state index is 12.0. The van der Waals surface area contributed by atoms with Gasteiger partial charge in [-0.05, 0) is 78.4 Å². The van der Waals surface area contributed by atoms with Crippen LogP contribution in [0.25, 0.3) is 0 Å². The molecule has 0 saturated heterocycles. The molecule has 154 valence electrons. The number of hydrogen-bond acceptors (Lipinski definition) is 1. The summed E-state index contributed by atoms with van der Waals surface area (Å²) in [5, 5.41) is 0. The van der Waals surface area contributed by atoms with E-state index in [2.05, 4.69) is 46.8 Å². The Labute approximate surface area is 172 Å². The number of allylic oxidation sites excluding steroid dienone is 6. The maximum Gasteiger partial charge on any atom is 0.155 e. The zero-order chi connectivity index (χ0) is 20.1. The fourth-order valence-electron chi connectivity index (χ4n) is 7.21. The van der Waals surface area contributed by atoms with Crippen LogP contribution in [0.4, 0.5) is 0 Å². The highest BCUT2D eigenvalue weighted by Gasteiger charge is 2.51. The lowest BCUT2D eigenvalue weighted by molar-refractivity contribution is -0.116. The quantitative estimate of drug-likeness (QED) is 0.484. The van der Waals surface area contributed by atoms with Crippen molar-refractivity contribution in [2.75, 3.05) is 0 Å². The standard InChI is InChI=1S/C27H40O/c1-18(2)7-6-8-19(3)23-11-12-24-22-10-9-20-17-21(28)13-15-26(20,4)25(22)14-16-27(23,24)5/h12-13,15,18-20,23H,6-11,14,16-17H2,1-5H3/t19-,20+,23-,26+,27-/m1/s1. The van der Waals surface area contributed by atoms with Crippen molar-refractivity contribution >= 4 is 5.78 Å². The van der Waals surface area contributed by atoms with E-state index in [1.807, 2.05) is 6.08 Å². The Balaban J connectivity index is 1.57. The Morgan fingerprint density at radius 1 is 1.14 bits per heavy atom. The van der Waals surface area contributed by atoms with Crippen molar-refractivity contribution in [1.82, 2.24) is 0 Å². The lowest BCUT2D eigenvalue weighted by Gasteiger charge is -2.51. The zero-order valence-electron chi connectivity index (χ0n) is 18.8. The van der Waals surface area contributed by atoms with Gasteiger partial charge in [-0.2, -0.15) is 0 Å². The van der Waals surface area contributed by atoms with Crippen molar-refractivity contribution in [3.8, 4) is 0 Å². The maximum absolute atomic E-state index is 12.0. The van der Waals surface area contributed by atoms with Gasteiger partial charge in [0, 0.05) is 11.8 Å². The highest BCUT2D eigenvalue weighted by Crippen LogP contribution is 2.63. The second-order valence-electron chi connectivity index (χ2n) is 11.2. The van der Waals surface area contributed by atoms with Crippen LogP contribution >= 0.6 is 0 Å². The summed E-state index contributed by atoms with van der Waals surface area (Å²) in [6.45, 7) is 12.2. The summed E-state index contributed by atoms with van der Waals surface area (Å²) in [7, 11) is 0. The van der Waals surface area contributed by atoms with E-state index in [4.69, 9.17) is 0 Å². The zero-order valence-corrected chi connectivity index (χ0v) is 18.8. The van der Waals surface area contributed by atoms with Gasteiger partial charge in [-0.15, -0.1) is 0 Å². The van der Waals surface area contributed by atoms with E-state index in [0.717, 1.165) is 24.2 Å². The van der Waals surface area contributed by atoms with Crippen molar-refractivity contribution in [3.63, 3.8) is 0 Å². The van der Waals surface area contributed by atoms with E-state index in [9.17, 15) is 4.79 Å². The van der Waals surface area contributed by atoms with Crippen LogP contribution in [-0.2, 0) is 4.79 Å². The van der Waals surface area contributed by atoms with Gasteiger partial charge in [0.05, 0.1) is 0 Å². The minimum atomic E-state index is 0.130. The summed E-state index contributed by atoms with van der Waals surface area (Å²) in [5.74, 6) is 3.33. The van der Waals surface area contributed by atoms with E-state index >= 15 is 0 Å². The third-order valence-corrected chi connectivity index (χ3v) is 9.03. The average molecular weight is 381 g/mol. The molecule has 1 heteroatoms.